The van der Waals surface area contributed by atoms with E-state index in [2.05, 4.69) is 12.2 Å². The SMILES string of the molecule is CCCN(CC(=O)O)C(=O)NCc1ccccc1CC. The van der Waals surface area contributed by atoms with Crippen LogP contribution in [0.1, 0.15) is 31.4 Å². The van der Waals surface area contributed by atoms with Crippen LogP contribution in [0, 0.1) is 0 Å². The van der Waals surface area contributed by atoms with E-state index in [1.165, 1.54) is 10.5 Å². The molecular formula is C15H22N2O3. The summed E-state index contributed by atoms with van der Waals surface area (Å²) in [6, 6.07) is 7.57. The Balaban J connectivity index is 2.62. The molecule has 5 heteroatoms. The molecule has 110 valence electrons. The van der Waals surface area contributed by atoms with Gasteiger partial charge >= 0.3 is 12.0 Å². The maximum absolute atomic E-state index is 12.0. The molecule has 5 nitrogen and oxygen atoms in total. The maximum Gasteiger partial charge on any atom is 0.323 e. The van der Waals surface area contributed by atoms with E-state index in [1.807, 2.05) is 31.2 Å². The minimum Gasteiger partial charge on any atom is -0.480 e. The van der Waals surface area contributed by atoms with Crippen LogP contribution in [0.5, 0.6) is 0 Å². The molecular weight excluding hydrogens is 256 g/mol. The molecule has 0 unspecified atom stereocenters. The molecule has 2 amide bonds. The molecule has 0 aliphatic carbocycles. The van der Waals surface area contributed by atoms with Crippen LogP contribution < -0.4 is 5.32 Å². The number of carbonyl (C=O) groups is 2. The number of aliphatic carboxylic acids is 1. The number of urea groups is 1. The highest BCUT2D eigenvalue weighted by Gasteiger charge is 2.15. The van der Waals surface area contributed by atoms with Crippen LogP contribution in [0.25, 0.3) is 0 Å². The van der Waals surface area contributed by atoms with Crippen molar-refractivity contribution in [1.82, 2.24) is 10.2 Å². The summed E-state index contributed by atoms with van der Waals surface area (Å²) in [7, 11) is 0. The summed E-state index contributed by atoms with van der Waals surface area (Å²) in [5, 5.41) is 11.6. The van der Waals surface area contributed by atoms with Gasteiger partial charge in [-0.3, -0.25) is 4.79 Å². The second-order valence-corrected chi connectivity index (χ2v) is 4.60. The normalized spacial score (nSPS) is 10.1. The maximum atomic E-state index is 12.0. The van der Waals surface area contributed by atoms with E-state index in [0.717, 1.165) is 18.4 Å². The van der Waals surface area contributed by atoms with Gasteiger partial charge in [0, 0.05) is 13.1 Å². The van der Waals surface area contributed by atoms with Crippen molar-refractivity contribution >= 4 is 12.0 Å². The second-order valence-electron chi connectivity index (χ2n) is 4.60. The van der Waals surface area contributed by atoms with Crippen LogP contribution in [0.15, 0.2) is 24.3 Å². The molecule has 0 heterocycles. The van der Waals surface area contributed by atoms with Crippen molar-refractivity contribution in [1.29, 1.82) is 0 Å². The van der Waals surface area contributed by atoms with Crippen LogP contribution in [-0.2, 0) is 17.8 Å². The van der Waals surface area contributed by atoms with E-state index in [1.54, 1.807) is 0 Å². The minimum atomic E-state index is -0.998. The number of hydrogen-bond acceptors (Lipinski definition) is 2. The summed E-state index contributed by atoms with van der Waals surface area (Å²) < 4.78 is 0. The third-order valence-electron chi connectivity index (χ3n) is 3.04. The van der Waals surface area contributed by atoms with Gasteiger partial charge in [0.1, 0.15) is 6.54 Å². The Morgan fingerprint density at radius 3 is 2.40 bits per heavy atom. The van der Waals surface area contributed by atoms with Crippen LogP contribution in [0.3, 0.4) is 0 Å². The van der Waals surface area contributed by atoms with Crippen LogP contribution in [0.4, 0.5) is 4.79 Å². The number of carboxylic acids is 1. The largest absolute Gasteiger partial charge is 0.480 e. The highest BCUT2D eigenvalue weighted by atomic mass is 16.4. The molecule has 1 aromatic rings. The molecule has 0 fully saturated rings. The summed E-state index contributed by atoms with van der Waals surface area (Å²) in [6.45, 7) is 4.56. The first-order chi connectivity index (χ1) is 9.58. The molecule has 20 heavy (non-hydrogen) atoms. The zero-order chi connectivity index (χ0) is 15.0. The van der Waals surface area contributed by atoms with Gasteiger partial charge in [-0.1, -0.05) is 38.1 Å². The van der Waals surface area contributed by atoms with Crippen molar-refractivity contribution in [2.24, 2.45) is 0 Å². The van der Waals surface area contributed by atoms with Gasteiger partial charge in [-0.15, -0.1) is 0 Å². The molecule has 1 aromatic carbocycles. The number of carboxylic acid groups (broad SMARTS) is 1. The fourth-order valence-electron chi connectivity index (χ4n) is 2.04. The fraction of sp³-hybridized carbons (Fsp3) is 0.467. The average molecular weight is 278 g/mol. The summed E-state index contributed by atoms with van der Waals surface area (Å²) in [6.07, 6.45) is 1.63. The predicted octanol–water partition coefficient (Wildman–Crippen LogP) is 2.26. The topological polar surface area (TPSA) is 69.6 Å². The molecule has 0 saturated heterocycles. The number of nitrogens with zero attached hydrogens (tertiary/aromatic N) is 1. The number of hydrogen-bond donors (Lipinski definition) is 2. The van der Waals surface area contributed by atoms with Crippen molar-refractivity contribution in [2.45, 2.75) is 33.2 Å². The Morgan fingerprint density at radius 1 is 1.20 bits per heavy atom. The lowest BCUT2D eigenvalue weighted by molar-refractivity contribution is -0.137. The highest BCUT2D eigenvalue weighted by Crippen LogP contribution is 2.09. The second kappa shape index (κ2) is 8.19. The smallest absolute Gasteiger partial charge is 0.323 e. The van der Waals surface area contributed by atoms with Gasteiger partial charge < -0.3 is 15.3 Å². The first-order valence-corrected chi connectivity index (χ1v) is 6.89. The van der Waals surface area contributed by atoms with Gasteiger partial charge in [-0.05, 0) is 24.0 Å². The Hall–Kier alpha value is -2.04. The molecule has 0 aliphatic heterocycles. The Morgan fingerprint density at radius 2 is 1.85 bits per heavy atom. The van der Waals surface area contributed by atoms with E-state index in [9.17, 15) is 9.59 Å². The van der Waals surface area contributed by atoms with E-state index < -0.39 is 5.97 Å². The molecule has 0 spiro atoms. The first-order valence-electron chi connectivity index (χ1n) is 6.89. The van der Waals surface area contributed by atoms with Gasteiger partial charge in [-0.25, -0.2) is 4.79 Å². The van der Waals surface area contributed by atoms with Gasteiger partial charge in [0.05, 0.1) is 0 Å². The zero-order valence-corrected chi connectivity index (χ0v) is 12.1. The molecule has 0 atom stereocenters. The van der Waals surface area contributed by atoms with Crippen LogP contribution >= 0.6 is 0 Å². The van der Waals surface area contributed by atoms with Gasteiger partial charge in [-0.2, -0.15) is 0 Å². The molecule has 1 rings (SSSR count). The van der Waals surface area contributed by atoms with Crippen molar-refractivity contribution in [2.75, 3.05) is 13.1 Å². The Bertz CT molecular complexity index is 460. The monoisotopic (exact) mass is 278 g/mol. The van der Waals surface area contributed by atoms with Gasteiger partial charge in [0.25, 0.3) is 0 Å². The van der Waals surface area contributed by atoms with E-state index in [0.29, 0.717) is 13.1 Å². The number of nitrogens with one attached hydrogen (secondary N) is 1. The number of amides is 2. The fourth-order valence-corrected chi connectivity index (χ4v) is 2.04. The van der Waals surface area contributed by atoms with E-state index >= 15 is 0 Å². The first kappa shape index (κ1) is 16.0. The average Bonchev–Trinajstić information content (AvgIpc) is 2.44. The summed E-state index contributed by atoms with van der Waals surface area (Å²) >= 11 is 0. The zero-order valence-electron chi connectivity index (χ0n) is 12.1. The van der Waals surface area contributed by atoms with E-state index in [4.69, 9.17) is 5.11 Å². The quantitative estimate of drug-likeness (QED) is 0.803. The standard InChI is InChI=1S/C15H22N2O3/c1-3-9-17(11-14(18)19)15(20)16-10-13-8-6-5-7-12(13)4-2/h5-8H,3-4,9-11H2,1-2H3,(H,16,20)(H,18,19). The molecule has 0 aliphatic rings. The van der Waals surface area contributed by atoms with Crippen molar-refractivity contribution < 1.29 is 14.7 Å². The molecule has 0 saturated carbocycles. The minimum absolute atomic E-state index is 0.269. The Kier molecular flexibility index (Phi) is 6.56. The number of benzene rings is 1. The van der Waals surface area contributed by atoms with Gasteiger partial charge in [0.15, 0.2) is 0 Å². The summed E-state index contributed by atoms with van der Waals surface area (Å²) in [5.41, 5.74) is 2.25. The summed E-state index contributed by atoms with van der Waals surface area (Å²) in [5.74, 6) is -0.998. The molecule has 0 aromatic heterocycles. The van der Waals surface area contributed by atoms with Crippen molar-refractivity contribution in [3.8, 4) is 0 Å². The van der Waals surface area contributed by atoms with Crippen molar-refractivity contribution in [3.63, 3.8) is 0 Å². The highest BCUT2D eigenvalue weighted by molar-refractivity contribution is 5.80. The number of rotatable bonds is 7. The summed E-state index contributed by atoms with van der Waals surface area (Å²) in [4.78, 5) is 24.1. The molecule has 2 N–H and O–H groups in total. The molecule has 0 bridgehead atoms. The van der Waals surface area contributed by atoms with Crippen LogP contribution in [0.2, 0.25) is 0 Å². The van der Waals surface area contributed by atoms with Gasteiger partial charge in [0.2, 0.25) is 0 Å². The third-order valence-corrected chi connectivity index (χ3v) is 3.04. The number of carbonyl (C=O) groups excluding carboxylic acids is 1. The third kappa shape index (κ3) is 4.91. The van der Waals surface area contributed by atoms with Crippen molar-refractivity contribution in [3.05, 3.63) is 35.4 Å². The lowest BCUT2D eigenvalue weighted by Crippen LogP contribution is -2.42. The lowest BCUT2D eigenvalue weighted by Gasteiger charge is -2.21. The number of aryl methyl sites for hydroxylation is 1. The lowest BCUT2D eigenvalue weighted by atomic mass is 10.1. The van der Waals surface area contributed by atoms with Crippen LogP contribution in [-0.4, -0.2) is 35.1 Å². The predicted molar refractivity (Wildman–Crippen MR) is 77.6 cm³/mol. The van der Waals surface area contributed by atoms with E-state index in [-0.39, 0.29) is 12.6 Å². The Labute approximate surface area is 119 Å². The molecule has 0 radical (unpaired) electrons.